The van der Waals surface area contributed by atoms with Gasteiger partial charge in [-0.05, 0) is 12.8 Å². The zero-order valence-electron chi connectivity index (χ0n) is 10.3. The molecule has 0 spiro atoms. The molecular formula is C12H19NO4. The van der Waals surface area contributed by atoms with E-state index in [1.807, 2.05) is 0 Å². The first kappa shape index (κ1) is 15.3. The van der Waals surface area contributed by atoms with Crippen LogP contribution in [-0.2, 0) is 14.4 Å². The standard InChI is InChI=1S/C9H13NO2.C3H6O2/c1-2-3-4-5-7-6-8(11)10-9(7)12;1-2-3(4)5/h6H,2-5H2,1H3,(H,10,11,12);2H2,1H3,(H,4,5). The number of hydrogen-bond donors (Lipinski definition) is 2. The van der Waals surface area contributed by atoms with Crippen LogP contribution in [0.5, 0.6) is 0 Å². The Labute approximate surface area is 101 Å². The van der Waals surface area contributed by atoms with Crippen LogP contribution in [0.4, 0.5) is 0 Å². The minimum Gasteiger partial charge on any atom is -0.481 e. The lowest BCUT2D eigenvalue weighted by Crippen LogP contribution is -2.22. The van der Waals surface area contributed by atoms with E-state index in [1.165, 1.54) is 6.08 Å². The van der Waals surface area contributed by atoms with Gasteiger partial charge < -0.3 is 5.11 Å². The average molecular weight is 241 g/mol. The van der Waals surface area contributed by atoms with E-state index in [9.17, 15) is 14.4 Å². The molecule has 0 radical (unpaired) electrons. The summed E-state index contributed by atoms with van der Waals surface area (Å²) >= 11 is 0. The molecule has 96 valence electrons. The second kappa shape index (κ2) is 8.50. The Kier molecular flexibility index (Phi) is 7.67. The Morgan fingerprint density at radius 1 is 1.29 bits per heavy atom. The second-order valence-corrected chi connectivity index (χ2v) is 3.69. The Balaban J connectivity index is 0.000000437. The van der Waals surface area contributed by atoms with Gasteiger partial charge in [-0.2, -0.15) is 0 Å². The molecule has 1 aliphatic rings. The maximum atomic E-state index is 11.0. The molecule has 0 saturated carbocycles. The molecule has 0 atom stereocenters. The van der Waals surface area contributed by atoms with Crippen LogP contribution in [-0.4, -0.2) is 22.9 Å². The van der Waals surface area contributed by atoms with Gasteiger partial charge in [-0.15, -0.1) is 0 Å². The summed E-state index contributed by atoms with van der Waals surface area (Å²) in [5.41, 5.74) is 0.633. The number of carbonyl (C=O) groups excluding carboxylic acids is 2. The number of rotatable bonds is 5. The lowest BCUT2D eigenvalue weighted by Gasteiger charge is -1.97. The topological polar surface area (TPSA) is 83.5 Å². The lowest BCUT2D eigenvalue weighted by molar-refractivity contribution is -0.136. The fraction of sp³-hybridized carbons (Fsp3) is 0.583. The number of unbranched alkanes of at least 4 members (excludes halogenated alkanes) is 2. The Morgan fingerprint density at radius 3 is 2.24 bits per heavy atom. The number of carbonyl (C=O) groups is 3. The summed E-state index contributed by atoms with van der Waals surface area (Å²) in [4.78, 5) is 31.0. The number of amides is 2. The Bertz CT molecular complexity index is 320. The molecule has 0 aromatic heterocycles. The molecule has 5 heteroatoms. The minimum absolute atomic E-state index is 0.212. The summed E-state index contributed by atoms with van der Waals surface area (Å²) in [6.07, 6.45) is 5.58. The van der Waals surface area contributed by atoms with Crippen LogP contribution in [0.25, 0.3) is 0 Å². The number of carboxylic acid groups (broad SMARTS) is 1. The van der Waals surface area contributed by atoms with Crippen LogP contribution < -0.4 is 5.32 Å². The van der Waals surface area contributed by atoms with Crippen molar-refractivity contribution in [2.75, 3.05) is 0 Å². The molecule has 0 aliphatic carbocycles. The minimum atomic E-state index is -0.745. The number of imide groups is 1. The van der Waals surface area contributed by atoms with Gasteiger partial charge in [0.25, 0.3) is 11.8 Å². The summed E-state index contributed by atoms with van der Waals surface area (Å²) in [7, 11) is 0. The third-order valence-electron chi connectivity index (χ3n) is 2.19. The molecule has 0 fully saturated rings. The molecule has 0 unspecified atom stereocenters. The highest BCUT2D eigenvalue weighted by atomic mass is 16.4. The van der Waals surface area contributed by atoms with Gasteiger partial charge in [0.15, 0.2) is 0 Å². The summed E-state index contributed by atoms with van der Waals surface area (Å²) < 4.78 is 0. The summed E-state index contributed by atoms with van der Waals surface area (Å²) in [6, 6.07) is 0. The Hall–Kier alpha value is -1.65. The van der Waals surface area contributed by atoms with Crippen molar-refractivity contribution in [3.8, 4) is 0 Å². The van der Waals surface area contributed by atoms with Crippen LogP contribution in [0.3, 0.4) is 0 Å². The fourth-order valence-corrected chi connectivity index (χ4v) is 1.20. The summed E-state index contributed by atoms with van der Waals surface area (Å²) in [5, 5.41) is 9.95. The maximum absolute atomic E-state index is 11.0. The van der Waals surface area contributed by atoms with Gasteiger partial charge in [0.05, 0.1) is 0 Å². The van der Waals surface area contributed by atoms with Crippen LogP contribution >= 0.6 is 0 Å². The van der Waals surface area contributed by atoms with Crippen molar-refractivity contribution in [2.45, 2.75) is 46.0 Å². The van der Waals surface area contributed by atoms with E-state index in [1.54, 1.807) is 6.92 Å². The van der Waals surface area contributed by atoms with Crippen molar-refractivity contribution in [3.05, 3.63) is 11.6 Å². The number of nitrogens with one attached hydrogen (secondary N) is 1. The second-order valence-electron chi connectivity index (χ2n) is 3.69. The molecule has 0 aromatic carbocycles. The third kappa shape index (κ3) is 7.27. The first-order valence-electron chi connectivity index (χ1n) is 5.78. The van der Waals surface area contributed by atoms with Gasteiger partial charge in [0.2, 0.25) is 0 Å². The smallest absolute Gasteiger partial charge is 0.303 e. The van der Waals surface area contributed by atoms with E-state index in [-0.39, 0.29) is 18.2 Å². The SMILES string of the molecule is CCC(=O)O.CCCCCC1=CC(=O)NC1=O. The van der Waals surface area contributed by atoms with Crippen LogP contribution in [0.1, 0.15) is 46.0 Å². The molecule has 0 aromatic rings. The highest BCUT2D eigenvalue weighted by Gasteiger charge is 2.19. The molecule has 0 bridgehead atoms. The molecule has 1 rings (SSSR count). The molecule has 17 heavy (non-hydrogen) atoms. The van der Waals surface area contributed by atoms with Gasteiger partial charge in [-0.1, -0.05) is 26.7 Å². The predicted molar refractivity (Wildman–Crippen MR) is 63.3 cm³/mol. The van der Waals surface area contributed by atoms with Crippen LogP contribution in [0.15, 0.2) is 11.6 Å². The molecule has 2 N–H and O–H groups in total. The van der Waals surface area contributed by atoms with E-state index in [2.05, 4.69) is 12.2 Å². The van der Waals surface area contributed by atoms with E-state index < -0.39 is 5.97 Å². The molecule has 5 nitrogen and oxygen atoms in total. The first-order valence-corrected chi connectivity index (χ1v) is 5.78. The fourth-order valence-electron chi connectivity index (χ4n) is 1.20. The highest BCUT2D eigenvalue weighted by Crippen LogP contribution is 2.12. The molecule has 1 heterocycles. The van der Waals surface area contributed by atoms with Gasteiger partial charge >= 0.3 is 5.97 Å². The van der Waals surface area contributed by atoms with Crippen molar-refractivity contribution in [1.82, 2.24) is 5.32 Å². The average Bonchev–Trinajstić information content (AvgIpc) is 2.59. The normalized spacial score (nSPS) is 13.6. The highest BCUT2D eigenvalue weighted by molar-refractivity contribution is 6.16. The van der Waals surface area contributed by atoms with Crippen molar-refractivity contribution in [2.24, 2.45) is 0 Å². The summed E-state index contributed by atoms with van der Waals surface area (Å²) in [6.45, 7) is 3.70. The largest absolute Gasteiger partial charge is 0.481 e. The molecule has 1 aliphatic heterocycles. The predicted octanol–water partition coefficient (Wildman–Crippen LogP) is 1.63. The Morgan fingerprint density at radius 2 is 1.88 bits per heavy atom. The molecule has 2 amide bonds. The summed E-state index contributed by atoms with van der Waals surface area (Å²) in [5.74, 6) is -1.23. The maximum Gasteiger partial charge on any atom is 0.303 e. The van der Waals surface area contributed by atoms with E-state index in [0.29, 0.717) is 5.57 Å². The zero-order chi connectivity index (χ0) is 13.3. The monoisotopic (exact) mass is 241 g/mol. The third-order valence-corrected chi connectivity index (χ3v) is 2.19. The zero-order valence-corrected chi connectivity index (χ0v) is 10.3. The van der Waals surface area contributed by atoms with Crippen molar-refractivity contribution in [3.63, 3.8) is 0 Å². The van der Waals surface area contributed by atoms with Gasteiger partial charge in [-0.3, -0.25) is 19.7 Å². The van der Waals surface area contributed by atoms with E-state index in [0.717, 1.165) is 25.7 Å². The number of hydrogen-bond acceptors (Lipinski definition) is 3. The van der Waals surface area contributed by atoms with Gasteiger partial charge in [0.1, 0.15) is 0 Å². The number of aliphatic carboxylic acids is 1. The van der Waals surface area contributed by atoms with E-state index in [4.69, 9.17) is 5.11 Å². The van der Waals surface area contributed by atoms with E-state index >= 15 is 0 Å². The van der Waals surface area contributed by atoms with Gasteiger partial charge in [0, 0.05) is 18.1 Å². The van der Waals surface area contributed by atoms with Crippen LogP contribution in [0.2, 0.25) is 0 Å². The lowest BCUT2D eigenvalue weighted by atomic mass is 10.1. The number of carboxylic acids is 1. The molecule has 0 saturated heterocycles. The van der Waals surface area contributed by atoms with Crippen molar-refractivity contribution >= 4 is 17.8 Å². The van der Waals surface area contributed by atoms with Crippen molar-refractivity contribution < 1.29 is 19.5 Å². The molecular weight excluding hydrogens is 222 g/mol. The first-order chi connectivity index (χ1) is 8.01. The van der Waals surface area contributed by atoms with Crippen LogP contribution in [0, 0.1) is 0 Å². The van der Waals surface area contributed by atoms with Crippen molar-refractivity contribution in [1.29, 1.82) is 0 Å². The quantitative estimate of drug-likeness (QED) is 0.566. The van der Waals surface area contributed by atoms with Gasteiger partial charge in [-0.25, -0.2) is 0 Å².